The van der Waals surface area contributed by atoms with Gasteiger partial charge in [0, 0.05) is 43.9 Å². The molecule has 0 unspecified atom stereocenters. The van der Waals surface area contributed by atoms with Crippen LogP contribution in [0.5, 0.6) is 0 Å². The van der Waals surface area contributed by atoms with Gasteiger partial charge in [-0.2, -0.15) is 0 Å². The smallest absolute Gasteiger partial charge is 0.343 e. The van der Waals surface area contributed by atoms with Crippen LogP contribution in [-0.2, 0) is 6.42 Å². The van der Waals surface area contributed by atoms with Gasteiger partial charge in [-0.15, -0.1) is 0 Å². The van der Waals surface area contributed by atoms with Gasteiger partial charge < -0.3 is 14.2 Å². The van der Waals surface area contributed by atoms with Gasteiger partial charge in [0.15, 0.2) is 0 Å². The lowest BCUT2D eigenvalue weighted by Crippen LogP contribution is -2.49. The first-order valence-electron chi connectivity index (χ1n) is 11.0. The fraction of sp³-hybridized carbons (Fsp3) is 0.185. The van der Waals surface area contributed by atoms with Crippen LogP contribution in [0.1, 0.15) is 21.7 Å². The molecule has 1 aliphatic rings. The highest BCUT2D eigenvalue weighted by molar-refractivity contribution is 5.96. The van der Waals surface area contributed by atoms with E-state index >= 15 is 0 Å². The molecule has 1 amide bonds. The van der Waals surface area contributed by atoms with Crippen LogP contribution in [0.4, 0.5) is 10.1 Å². The van der Waals surface area contributed by atoms with Crippen molar-refractivity contribution in [2.24, 2.45) is 0 Å². The van der Waals surface area contributed by atoms with Crippen LogP contribution in [0.3, 0.4) is 0 Å². The van der Waals surface area contributed by atoms with Gasteiger partial charge in [-0.1, -0.05) is 36.4 Å². The second-order valence-corrected chi connectivity index (χ2v) is 8.18. The number of hydrogen-bond acceptors (Lipinski definition) is 4. The van der Waals surface area contributed by atoms with Crippen LogP contribution in [0.25, 0.3) is 10.8 Å². The average molecular weight is 442 g/mol. The van der Waals surface area contributed by atoms with E-state index in [1.165, 1.54) is 12.1 Å². The lowest BCUT2D eigenvalue weighted by molar-refractivity contribution is 0.0746. The number of amides is 1. The van der Waals surface area contributed by atoms with E-state index < -0.39 is 0 Å². The summed E-state index contributed by atoms with van der Waals surface area (Å²) >= 11 is 0. The maximum Gasteiger partial charge on any atom is 0.343 e. The largest absolute Gasteiger partial charge is 0.427 e. The summed E-state index contributed by atoms with van der Waals surface area (Å²) in [5.74, 6) is 0.235. The molecule has 1 aromatic heterocycles. The van der Waals surface area contributed by atoms with Crippen molar-refractivity contribution in [3.05, 3.63) is 112 Å². The number of halogens is 1. The molecule has 5 nitrogen and oxygen atoms in total. The Kier molecular flexibility index (Phi) is 5.65. The molecular weight excluding hydrogens is 419 g/mol. The molecule has 0 radical (unpaired) electrons. The zero-order chi connectivity index (χ0) is 22.8. The number of nitrogens with zero attached hydrogens (tertiary/aromatic N) is 2. The van der Waals surface area contributed by atoms with Gasteiger partial charge in [-0.25, -0.2) is 9.18 Å². The number of benzene rings is 3. The SMILES string of the molecule is O=C(c1ccccc1Cc1cc2ccccc2c(=O)o1)N1CCN(c2ccc(F)cc2)CC1. The van der Waals surface area contributed by atoms with Crippen LogP contribution in [0.2, 0.25) is 0 Å². The van der Waals surface area contributed by atoms with Crippen LogP contribution < -0.4 is 10.5 Å². The number of fused-ring (bicyclic) bond motifs is 1. The standard InChI is InChI=1S/C27H23FN2O3/c28-21-9-11-22(12-10-21)29-13-15-30(16-14-29)26(31)24-7-3-1-5-19(24)17-23-18-20-6-2-4-8-25(20)27(32)33-23/h1-12,18H,13-17H2. The molecule has 3 aromatic carbocycles. The van der Waals surface area contributed by atoms with Crippen molar-refractivity contribution >= 4 is 22.4 Å². The summed E-state index contributed by atoms with van der Waals surface area (Å²) in [6, 6.07) is 23.1. The molecule has 0 N–H and O–H groups in total. The van der Waals surface area contributed by atoms with Gasteiger partial charge in [-0.3, -0.25) is 4.79 Å². The number of rotatable bonds is 4. The van der Waals surface area contributed by atoms with E-state index in [-0.39, 0.29) is 17.3 Å². The van der Waals surface area contributed by atoms with Crippen molar-refractivity contribution in [1.29, 1.82) is 0 Å². The summed E-state index contributed by atoms with van der Waals surface area (Å²) in [7, 11) is 0. The van der Waals surface area contributed by atoms with E-state index in [9.17, 15) is 14.0 Å². The Balaban J connectivity index is 1.33. The van der Waals surface area contributed by atoms with Crippen molar-refractivity contribution in [2.75, 3.05) is 31.1 Å². The second kappa shape index (κ2) is 8.90. The molecular formula is C27H23FN2O3. The first kappa shape index (κ1) is 20.9. The molecule has 1 aliphatic heterocycles. The zero-order valence-corrected chi connectivity index (χ0v) is 18.0. The van der Waals surface area contributed by atoms with Gasteiger partial charge in [0.05, 0.1) is 5.39 Å². The first-order valence-corrected chi connectivity index (χ1v) is 11.0. The minimum absolute atomic E-state index is 0.0347. The molecule has 33 heavy (non-hydrogen) atoms. The summed E-state index contributed by atoms with van der Waals surface area (Å²) in [6.45, 7) is 2.52. The Morgan fingerprint density at radius 3 is 2.36 bits per heavy atom. The van der Waals surface area contributed by atoms with Gasteiger partial charge in [-0.05, 0) is 53.4 Å². The predicted molar refractivity (Wildman–Crippen MR) is 126 cm³/mol. The molecule has 0 spiro atoms. The van der Waals surface area contributed by atoms with Crippen molar-refractivity contribution in [3.8, 4) is 0 Å². The minimum Gasteiger partial charge on any atom is -0.427 e. The maximum absolute atomic E-state index is 13.3. The molecule has 0 aliphatic carbocycles. The zero-order valence-electron chi connectivity index (χ0n) is 18.0. The molecule has 166 valence electrons. The van der Waals surface area contributed by atoms with E-state index in [4.69, 9.17) is 4.42 Å². The minimum atomic E-state index is -0.371. The lowest BCUT2D eigenvalue weighted by atomic mass is 10.0. The highest BCUT2D eigenvalue weighted by atomic mass is 19.1. The Morgan fingerprint density at radius 1 is 0.879 bits per heavy atom. The number of carbonyl (C=O) groups excluding carboxylic acids is 1. The van der Waals surface area contributed by atoms with Crippen molar-refractivity contribution in [3.63, 3.8) is 0 Å². The summed E-state index contributed by atoms with van der Waals surface area (Å²) in [5.41, 5.74) is 2.02. The molecule has 1 saturated heterocycles. The molecule has 0 atom stereocenters. The number of carbonyl (C=O) groups is 1. The maximum atomic E-state index is 13.3. The topological polar surface area (TPSA) is 53.8 Å². The molecule has 0 bridgehead atoms. The van der Waals surface area contributed by atoms with E-state index in [2.05, 4.69) is 4.90 Å². The van der Waals surface area contributed by atoms with Crippen LogP contribution in [-0.4, -0.2) is 37.0 Å². The van der Waals surface area contributed by atoms with Crippen LogP contribution >= 0.6 is 0 Å². The van der Waals surface area contributed by atoms with Gasteiger partial charge in [0.2, 0.25) is 0 Å². The van der Waals surface area contributed by atoms with E-state index in [0.717, 1.165) is 16.6 Å². The van der Waals surface area contributed by atoms with Crippen molar-refractivity contribution in [2.45, 2.75) is 6.42 Å². The molecule has 2 heterocycles. The van der Waals surface area contributed by atoms with E-state index in [1.54, 1.807) is 18.2 Å². The van der Waals surface area contributed by atoms with Crippen molar-refractivity contribution < 1.29 is 13.6 Å². The molecule has 1 fully saturated rings. The molecule has 6 heteroatoms. The highest BCUT2D eigenvalue weighted by Gasteiger charge is 2.24. The van der Waals surface area contributed by atoms with Gasteiger partial charge in [0.25, 0.3) is 5.91 Å². The van der Waals surface area contributed by atoms with Crippen molar-refractivity contribution in [1.82, 2.24) is 4.90 Å². The summed E-state index contributed by atoms with van der Waals surface area (Å²) in [5, 5.41) is 1.37. The third-order valence-corrected chi connectivity index (χ3v) is 6.09. The average Bonchev–Trinajstić information content (AvgIpc) is 2.85. The number of piperazine rings is 1. The third-order valence-electron chi connectivity index (χ3n) is 6.09. The first-order chi connectivity index (χ1) is 16.1. The Labute approximate surface area is 190 Å². The monoisotopic (exact) mass is 442 g/mol. The normalized spacial score (nSPS) is 14.0. The summed E-state index contributed by atoms with van der Waals surface area (Å²) in [6.07, 6.45) is 0.359. The Hall–Kier alpha value is -3.93. The quantitative estimate of drug-likeness (QED) is 0.468. The number of hydrogen-bond donors (Lipinski definition) is 0. The molecule has 0 saturated carbocycles. The highest BCUT2D eigenvalue weighted by Crippen LogP contribution is 2.21. The molecule has 5 rings (SSSR count). The van der Waals surface area contributed by atoms with Gasteiger partial charge >= 0.3 is 5.63 Å². The van der Waals surface area contributed by atoms with Crippen LogP contribution in [0.15, 0.2) is 88.1 Å². The summed E-state index contributed by atoms with van der Waals surface area (Å²) in [4.78, 5) is 29.7. The molecule has 4 aromatic rings. The predicted octanol–water partition coefficient (Wildman–Crippen LogP) is 4.49. The second-order valence-electron chi connectivity index (χ2n) is 8.18. The lowest BCUT2D eigenvalue weighted by Gasteiger charge is -2.36. The third kappa shape index (κ3) is 4.37. The van der Waals surface area contributed by atoms with E-state index in [1.807, 2.05) is 53.4 Å². The summed E-state index contributed by atoms with van der Waals surface area (Å²) < 4.78 is 18.7. The van der Waals surface area contributed by atoms with Crippen LogP contribution in [0, 0.1) is 5.82 Å². The van der Waals surface area contributed by atoms with E-state index in [0.29, 0.717) is 49.3 Å². The van der Waals surface area contributed by atoms with Gasteiger partial charge in [0.1, 0.15) is 11.6 Å². The number of anilines is 1. The Morgan fingerprint density at radius 2 is 1.58 bits per heavy atom. The fourth-order valence-corrected chi connectivity index (χ4v) is 4.33. The fourth-order valence-electron chi connectivity index (χ4n) is 4.33. The Bertz CT molecular complexity index is 1360.